The second-order valence-corrected chi connectivity index (χ2v) is 6.76. The van der Waals surface area contributed by atoms with Crippen molar-refractivity contribution >= 4 is 18.0 Å². The molecule has 2 amide bonds. The predicted octanol–water partition coefficient (Wildman–Crippen LogP) is 1.74. The molecule has 0 radical (unpaired) electrons. The monoisotopic (exact) mass is 380 g/mol. The average Bonchev–Trinajstić information content (AvgIpc) is 2.95. The van der Waals surface area contributed by atoms with Crippen molar-refractivity contribution in [3.8, 4) is 5.75 Å². The SMILES string of the molecule is COc1ccc(C(=O)N2CCC3(CC2)CN(CCC(=O)O)C(=O)O3)cc1F. The van der Waals surface area contributed by atoms with E-state index in [1.165, 1.54) is 24.1 Å². The molecule has 2 fully saturated rings. The lowest BCUT2D eigenvalue weighted by molar-refractivity contribution is -0.137. The Kier molecular flexibility index (Phi) is 5.20. The van der Waals surface area contributed by atoms with E-state index in [0.29, 0.717) is 32.5 Å². The van der Waals surface area contributed by atoms with Gasteiger partial charge in [-0.1, -0.05) is 0 Å². The van der Waals surface area contributed by atoms with Crippen LogP contribution in [0, 0.1) is 5.82 Å². The second-order valence-electron chi connectivity index (χ2n) is 6.76. The van der Waals surface area contributed by atoms with Gasteiger partial charge in [-0.05, 0) is 18.2 Å². The number of carbonyl (C=O) groups is 3. The molecule has 2 heterocycles. The third-order valence-corrected chi connectivity index (χ3v) is 5.00. The summed E-state index contributed by atoms with van der Waals surface area (Å²) in [6.07, 6.45) is 0.242. The largest absolute Gasteiger partial charge is 0.494 e. The van der Waals surface area contributed by atoms with Crippen LogP contribution in [0.5, 0.6) is 5.75 Å². The molecule has 0 bridgehead atoms. The van der Waals surface area contributed by atoms with Crippen molar-refractivity contribution in [3.63, 3.8) is 0 Å². The molecule has 1 aromatic carbocycles. The maximum absolute atomic E-state index is 13.8. The first-order valence-corrected chi connectivity index (χ1v) is 8.66. The van der Waals surface area contributed by atoms with Crippen LogP contribution < -0.4 is 4.74 Å². The third-order valence-electron chi connectivity index (χ3n) is 5.00. The number of halogens is 1. The number of hydrogen-bond acceptors (Lipinski definition) is 5. The van der Waals surface area contributed by atoms with Gasteiger partial charge in [-0.2, -0.15) is 0 Å². The van der Waals surface area contributed by atoms with Gasteiger partial charge in [0.25, 0.3) is 5.91 Å². The second kappa shape index (κ2) is 7.42. The first kappa shape index (κ1) is 18.9. The summed E-state index contributed by atoms with van der Waals surface area (Å²) in [5.41, 5.74) is -0.465. The molecule has 146 valence electrons. The van der Waals surface area contributed by atoms with Gasteiger partial charge < -0.3 is 24.4 Å². The topological polar surface area (TPSA) is 96.4 Å². The van der Waals surface area contributed by atoms with Crippen LogP contribution in [-0.2, 0) is 9.53 Å². The van der Waals surface area contributed by atoms with Gasteiger partial charge in [-0.25, -0.2) is 9.18 Å². The molecule has 0 aromatic heterocycles. The molecule has 1 aromatic rings. The Balaban J connectivity index is 1.60. The molecule has 0 unspecified atom stereocenters. The first-order chi connectivity index (χ1) is 12.8. The van der Waals surface area contributed by atoms with E-state index < -0.39 is 23.5 Å². The predicted molar refractivity (Wildman–Crippen MR) is 91.1 cm³/mol. The molecule has 0 atom stereocenters. The van der Waals surface area contributed by atoms with Gasteiger partial charge in [0.15, 0.2) is 11.6 Å². The number of carboxylic acids is 1. The number of likely N-dealkylation sites (tertiary alicyclic amines) is 1. The smallest absolute Gasteiger partial charge is 0.410 e. The van der Waals surface area contributed by atoms with Gasteiger partial charge in [-0.15, -0.1) is 0 Å². The van der Waals surface area contributed by atoms with E-state index in [0.717, 1.165) is 6.07 Å². The molecule has 0 saturated carbocycles. The van der Waals surface area contributed by atoms with Gasteiger partial charge in [0.1, 0.15) is 5.60 Å². The van der Waals surface area contributed by atoms with Crippen molar-refractivity contribution in [3.05, 3.63) is 29.6 Å². The summed E-state index contributed by atoms with van der Waals surface area (Å²) in [7, 11) is 1.35. The molecule has 8 nitrogen and oxygen atoms in total. The number of carbonyl (C=O) groups excluding carboxylic acids is 2. The van der Waals surface area contributed by atoms with Gasteiger partial charge in [-0.3, -0.25) is 9.59 Å². The Morgan fingerprint density at radius 1 is 1.33 bits per heavy atom. The van der Waals surface area contributed by atoms with Crippen LogP contribution in [-0.4, -0.2) is 71.8 Å². The van der Waals surface area contributed by atoms with Crippen LogP contribution in [0.3, 0.4) is 0 Å². The zero-order valence-corrected chi connectivity index (χ0v) is 14.9. The number of rotatable bonds is 5. The molecule has 1 N–H and O–H groups in total. The minimum atomic E-state index is -0.976. The first-order valence-electron chi connectivity index (χ1n) is 8.66. The summed E-state index contributed by atoms with van der Waals surface area (Å²) < 4.78 is 24.2. The van der Waals surface area contributed by atoms with E-state index in [9.17, 15) is 18.8 Å². The van der Waals surface area contributed by atoms with Crippen molar-refractivity contribution in [1.82, 2.24) is 9.80 Å². The van der Waals surface area contributed by atoms with E-state index in [1.807, 2.05) is 0 Å². The number of hydrogen-bond donors (Lipinski definition) is 1. The van der Waals surface area contributed by atoms with Crippen molar-refractivity contribution in [2.75, 3.05) is 33.3 Å². The molecule has 3 rings (SSSR count). The number of carboxylic acid groups (broad SMARTS) is 1. The Hall–Kier alpha value is -2.84. The average molecular weight is 380 g/mol. The molecule has 27 heavy (non-hydrogen) atoms. The minimum absolute atomic E-state index is 0.0727. The lowest BCUT2D eigenvalue weighted by Gasteiger charge is -2.37. The maximum atomic E-state index is 13.8. The number of piperidine rings is 1. The van der Waals surface area contributed by atoms with E-state index in [1.54, 1.807) is 4.90 Å². The molecular weight excluding hydrogens is 359 g/mol. The highest BCUT2D eigenvalue weighted by Gasteiger charge is 2.47. The summed E-state index contributed by atoms with van der Waals surface area (Å²) in [4.78, 5) is 38.2. The lowest BCUT2D eigenvalue weighted by Crippen LogP contribution is -2.48. The normalized spacial score (nSPS) is 18.5. The fraction of sp³-hybridized carbons (Fsp3) is 0.500. The van der Waals surface area contributed by atoms with Crippen molar-refractivity contribution in [1.29, 1.82) is 0 Å². The molecule has 1 spiro atoms. The number of methoxy groups -OCH3 is 1. The van der Waals surface area contributed by atoms with E-state index in [4.69, 9.17) is 14.6 Å². The Morgan fingerprint density at radius 2 is 2.04 bits per heavy atom. The van der Waals surface area contributed by atoms with E-state index in [-0.39, 0.29) is 30.2 Å². The van der Waals surface area contributed by atoms with Gasteiger partial charge in [0.2, 0.25) is 0 Å². The van der Waals surface area contributed by atoms with Crippen LogP contribution in [0.1, 0.15) is 29.6 Å². The Labute approximate surface area is 155 Å². The minimum Gasteiger partial charge on any atom is -0.494 e. The van der Waals surface area contributed by atoms with Crippen molar-refractivity contribution in [2.24, 2.45) is 0 Å². The van der Waals surface area contributed by atoms with Crippen LogP contribution >= 0.6 is 0 Å². The number of aliphatic carboxylic acids is 1. The van der Waals surface area contributed by atoms with Crippen LogP contribution in [0.25, 0.3) is 0 Å². The van der Waals surface area contributed by atoms with Crippen molar-refractivity contribution in [2.45, 2.75) is 24.9 Å². The Bertz CT molecular complexity index is 760. The van der Waals surface area contributed by atoms with Gasteiger partial charge in [0, 0.05) is 38.0 Å². The quantitative estimate of drug-likeness (QED) is 0.836. The maximum Gasteiger partial charge on any atom is 0.410 e. The summed E-state index contributed by atoms with van der Waals surface area (Å²) in [6, 6.07) is 4.07. The van der Waals surface area contributed by atoms with Crippen LogP contribution in [0.15, 0.2) is 18.2 Å². The molecule has 2 aliphatic heterocycles. The number of ether oxygens (including phenoxy) is 2. The zero-order chi connectivity index (χ0) is 19.6. The number of amides is 2. The number of benzene rings is 1. The molecule has 2 aliphatic rings. The van der Waals surface area contributed by atoms with Crippen molar-refractivity contribution < 1.29 is 33.4 Å². The number of nitrogens with zero attached hydrogens (tertiary/aromatic N) is 2. The summed E-state index contributed by atoms with van der Waals surface area (Å²) in [5.74, 6) is -1.80. The fourth-order valence-electron chi connectivity index (χ4n) is 3.45. The highest BCUT2D eigenvalue weighted by Crippen LogP contribution is 2.34. The lowest BCUT2D eigenvalue weighted by atomic mass is 9.91. The van der Waals surface area contributed by atoms with Crippen LogP contribution in [0.2, 0.25) is 0 Å². The summed E-state index contributed by atoms with van der Waals surface area (Å²) in [6.45, 7) is 1.15. The summed E-state index contributed by atoms with van der Waals surface area (Å²) in [5, 5.41) is 8.76. The molecule has 0 aliphatic carbocycles. The Morgan fingerprint density at radius 3 is 2.63 bits per heavy atom. The third kappa shape index (κ3) is 3.96. The highest BCUT2D eigenvalue weighted by atomic mass is 19.1. The molecular formula is C18H21FN2O6. The van der Waals surface area contributed by atoms with E-state index >= 15 is 0 Å². The van der Waals surface area contributed by atoms with Crippen LogP contribution in [0.4, 0.5) is 9.18 Å². The molecule has 2 saturated heterocycles. The molecule has 9 heteroatoms. The fourth-order valence-corrected chi connectivity index (χ4v) is 3.45. The highest BCUT2D eigenvalue weighted by molar-refractivity contribution is 5.94. The standard InChI is InChI=1S/C18H21FN2O6/c1-26-14-3-2-12(10-13(14)19)16(24)20-8-5-18(6-9-20)11-21(17(25)27-18)7-4-15(22)23/h2-3,10H,4-9,11H2,1H3,(H,22,23). The summed E-state index contributed by atoms with van der Waals surface area (Å²) >= 11 is 0. The zero-order valence-electron chi connectivity index (χ0n) is 14.9. The van der Waals surface area contributed by atoms with E-state index in [2.05, 4.69) is 0 Å². The van der Waals surface area contributed by atoms with Gasteiger partial charge >= 0.3 is 12.1 Å². The van der Waals surface area contributed by atoms with Gasteiger partial charge in [0.05, 0.1) is 20.1 Å².